The lowest BCUT2D eigenvalue weighted by Gasteiger charge is -2.30. The number of ether oxygens (including phenoxy) is 1. The average Bonchev–Trinajstić information content (AvgIpc) is 3.16. The molecule has 0 bridgehead atoms. The van der Waals surface area contributed by atoms with Crippen LogP contribution < -0.4 is 10.3 Å². The van der Waals surface area contributed by atoms with Crippen molar-refractivity contribution in [3.05, 3.63) is 86.3 Å². The molecule has 0 saturated heterocycles. The van der Waals surface area contributed by atoms with Gasteiger partial charge in [-0.2, -0.15) is 0 Å². The highest BCUT2D eigenvalue weighted by atomic mass is 16.5. The normalized spacial score (nSPS) is 16.0. The van der Waals surface area contributed by atoms with Gasteiger partial charge in [0, 0.05) is 38.7 Å². The fourth-order valence-electron chi connectivity index (χ4n) is 5.50. The van der Waals surface area contributed by atoms with Gasteiger partial charge in [0.1, 0.15) is 16.9 Å². The average molecular weight is 516 g/mol. The van der Waals surface area contributed by atoms with E-state index in [2.05, 4.69) is 39.3 Å². The van der Waals surface area contributed by atoms with Crippen LogP contribution in [0.5, 0.6) is 5.75 Å². The van der Waals surface area contributed by atoms with E-state index in [1.807, 2.05) is 46.0 Å². The van der Waals surface area contributed by atoms with Crippen molar-refractivity contribution in [2.24, 2.45) is 7.05 Å². The molecule has 2 N–H and O–H groups in total. The van der Waals surface area contributed by atoms with Crippen LogP contribution in [0.1, 0.15) is 59.7 Å². The van der Waals surface area contributed by atoms with Crippen LogP contribution in [-0.2, 0) is 24.9 Å². The minimum atomic E-state index is -0.859. The third kappa shape index (κ3) is 5.06. The molecule has 9 nitrogen and oxygen atoms in total. The Labute approximate surface area is 221 Å². The summed E-state index contributed by atoms with van der Waals surface area (Å²) in [5.74, 6) is -0.499. The molecule has 3 heterocycles. The number of hydrogen-bond donors (Lipinski definition) is 2. The third-order valence-corrected chi connectivity index (χ3v) is 7.33. The van der Waals surface area contributed by atoms with E-state index in [0.29, 0.717) is 25.4 Å². The lowest BCUT2D eigenvalue weighted by Crippen LogP contribution is -2.40. The van der Waals surface area contributed by atoms with Crippen LogP contribution in [0.4, 0.5) is 0 Å². The van der Waals surface area contributed by atoms with Gasteiger partial charge < -0.3 is 14.8 Å². The molecule has 2 aromatic carbocycles. The molecule has 5 rings (SSSR count). The summed E-state index contributed by atoms with van der Waals surface area (Å²) in [6.07, 6.45) is -0.0334. The fraction of sp³-hybridized carbons (Fsp3) is 0.379. The topological polar surface area (TPSA) is 113 Å². The zero-order chi connectivity index (χ0) is 27.2. The van der Waals surface area contributed by atoms with E-state index in [1.54, 1.807) is 10.7 Å². The van der Waals surface area contributed by atoms with Crippen molar-refractivity contribution >= 4 is 17.0 Å². The van der Waals surface area contributed by atoms with Crippen LogP contribution in [-0.4, -0.2) is 48.1 Å². The largest absolute Gasteiger partial charge is 0.485 e. The number of hydrogen-bond acceptors (Lipinski definition) is 6. The van der Waals surface area contributed by atoms with Gasteiger partial charge in [0.05, 0.1) is 17.6 Å². The molecule has 0 unspecified atom stereocenters. The molecule has 4 aromatic rings. The van der Waals surface area contributed by atoms with Crippen LogP contribution in [0.15, 0.2) is 47.3 Å². The number of pyridine rings is 1. The van der Waals surface area contributed by atoms with E-state index in [-0.39, 0.29) is 17.9 Å². The van der Waals surface area contributed by atoms with Crippen LogP contribution in [0, 0.1) is 13.8 Å². The summed E-state index contributed by atoms with van der Waals surface area (Å²) in [5, 5.41) is 18.3. The molecule has 1 aliphatic heterocycles. The number of carboxylic acids is 1. The highest BCUT2D eigenvalue weighted by molar-refractivity contribution is 5.80. The number of aromatic amines is 1. The number of nitrogens with one attached hydrogen (secondary N) is 1. The summed E-state index contributed by atoms with van der Waals surface area (Å²) in [5.41, 5.74) is 6.89. The number of aryl methyl sites for hydroxylation is 3. The maximum atomic E-state index is 12.0. The molecule has 0 spiro atoms. The predicted molar refractivity (Wildman–Crippen MR) is 144 cm³/mol. The number of nitrogens with zero attached hydrogens (tertiary/aromatic N) is 4. The first-order chi connectivity index (χ1) is 18.0. The molecule has 0 radical (unpaired) electrons. The first-order valence-electron chi connectivity index (χ1n) is 12.7. The van der Waals surface area contributed by atoms with Crippen LogP contribution >= 0.6 is 0 Å². The van der Waals surface area contributed by atoms with Crippen molar-refractivity contribution in [3.8, 4) is 5.75 Å². The maximum absolute atomic E-state index is 12.0. The molecule has 0 saturated carbocycles. The minimum Gasteiger partial charge on any atom is -0.485 e. The molecule has 38 heavy (non-hydrogen) atoms. The Kier molecular flexibility index (Phi) is 6.56. The summed E-state index contributed by atoms with van der Waals surface area (Å²) >= 11 is 0. The minimum absolute atomic E-state index is 0.0334. The second-order valence-electron chi connectivity index (χ2n) is 10.9. The van der Waals surface area contributed by atoms with Gasteiger partial charge in [-0.05, 0) is 67.6 Å². The van der Waals surface area contributed by atoms with Crippen LogP contribution in [0.2, 0.25) is 0 Å². The van der Waals surface area contributed by atoms with Gasteiger partial charge in [0.15, 0.2) is 0 Å². The number of carboxylic acid groups (broad SMARTS) is 1. The summed E-state index contributed by atoms with van der Waals surface area (Å²) in [7, 11) is 1.85. The number of benzene rings is 2. The van der Waals surface area contributed by atoms with Gasteiger partial charge in [0.2, 0.25) is 5.56 Å². The number of aromatic nitrogens is 4. The fourth-order valence-corrected chi connectivity index (χ4v) is 5.50. The predicted octanol–water partition coefficient (Wildman–Crippen LogP) is 4.05. The van der Waals surface area contributed by atoms with Crippen LogP contribution in [0.25, 0.3) is 11.0 Å². The van der Waals surface area contributed by atoms with Crippen molar-refractivity contribution in [3.63, 3.8) is 0 Å². The van der Waals surface area contributed by atoms with E-state index in [9.17, 15) is 14.7 Å². The second-order valence-corrected chi connectivity index (χ2v) is 10.9. The summed E-state index contributed by atoms with van der Waals surface area (Å²) in [6.45, 7) is 9.96. The molecule has 0 amide bonds. The van der Waals surface area contributed by atoms with Gasteiger partial charge in [-0.25, -0.2) is 4.68 Å². The number of carbonyl (C=O) groups is 1. The number of H-pyrrole nitrogens is 1. The van der Waals surface area contributed by atoms with Crippen molar-refractivity contribution in [1.29, 1.82) is 0 Å². The third-order valence-electron chi connectivity index (χ3n) is 7.33. The Morgan fingerprint density at radius 3 is 2.74 bits per heavy atom. The lowest BCUT2D eigenvalue weighted by molar-refractivity contribution is -0.137. The Morgan fingerprint density at radius 1 is 1.18 bits per heavy atom. The van der Waals surface area contributed by atoms with Gasteiger partial charge >= 0.3 is 5.97 Å². The number of fused-ring (bicyclic) bond motifs is 2. The number of aliphatic carboxylic acids is 1. The smallest absolute Gasteiger partial charge is 0.304 e. The molecule has 0 aliphatic carbocycles. The monoisotopic (exact) mass is 515 g/mol. The van der Waals surface area contributed by atoms with Crippen molar-refractivity contribution in [2.45, 2.75) is 58.7 Å². The summed E-state index contributed by atoms with van der Waals surface area (Å²) < 4.78 is 7.94. The van der Waals surface area contributed by atoms with Crippen LogP contribution in [0.3, 0.4) is 0 Å². The number of rotatable bonds is 6. The highest BCUT2D eigenvalue weighted by Gasteiger charge is 2.30. The van der Waals surface area contributed by atoms with Gasteiger partial charge in [-0.1, -0.05) is 29.5 Å². The second kappa shape index (κ2) is 9.72. The zero-order valence-corrected chi connectivity index (χ0v) is 22.4. The van der Waals surface area contributed by atoms with Crippen molar-refractivity contribution in [1.82, 2.24) is 24.9 Å². The van der Waals surface area contributed by atoms with E-state index in [1.165, 1.54) is 6.07 Å². The molecule has 198 valence electrons. The summed E-state index contributed by atoms with van der Waals surface area (Å²) in [6, 6.07) is 13.4. The zero-order valence-electron chi connectivity index (χ0n) is 22.4. The molecule has 9 heteroatoms. The molecule has 1 aliphatic rings. The molecule has 1 atom stereocenters. The molecular formula is C29H33N5O4. The molecular weight excluding hydrogens is 482 g/mol. The highest BCUT2D eigenvalue weighted by Crippen LogP contribution is 2.35. The summed E-state index contributed by atoms with van der Waals surface area (Å²) in [4.78, 5) is 29.2. The van der Waals surface area contributed by atoms with Crippen molar-refractivity contribution < 1.29 is 14.6 Å². The molecule has 0 fully saturated rings. The first kappa shape index (κ1) is 25.7. The first-order valence-corrected chi connectivity index (χ1v) is 12.7. The van der Waals surface area contributed by atoms with Gasteiger partial charge in [-0.15, -0.1) is 5.10 Å². The SMILES string of the molecule is Cc1ccc([C@H](CC(=O)O)c2ccc3c(nnn3C)c2C)cc1CN1Cc2[nH]c(=O)ccc2OC(C)(C)C1. The van der Waals surface area contributed by atoms with E-state index in [4.69, 9.17) is 4.74 Å². The van der Waals surface area contributed by atoms with Gasteiger partial charge in [-0.3, -0.25) is 14.5 Å². The lowest BCUT2D eigenvalue weighted by atomic mass is 9.84. The standard InChI is InChI=1S/C29H33N5O4/c1-17-6-7-19(22(13-27(36)37)21-8-9-24-28(18(21)2)31-32-33(24)5)12-20(17)14-34-15-23-25(10-11-26(35)30-23)38-29(3,4)16-34/h6-12,22H,13-16H2,1-5H3,(H,30,35)(H,36,37)/t22-/m0/s1. The Hall–Kier alpha value is -3.98. The quantitative estimate of drug-likeness (QED) is 0.398. The molecule has 2 aromatic heterocycles. The van der Waals surface area contributed by atoms with E-state index in [0.717, 1.165) is 44.5 Å². The van der Waals surface area contributed by atoms with E-state index >= 15 is 0 Å². The Morgan fingerprint density at radius 2 is 1.97 bits per heavy atom. The Bertz CT molecular complexity index is 1590. The van der Waals surface area contributed by atoms with E-state index < -0.39 is 11.6 Å². The van der Waals surface area contributed by atoms with Gasteiger partial charge in [0.25, 0.3) is 0 Å². The van der Waals surface area contributed by atoms with Crippen molar-refractivity contribution in [2.75, 3.05) is 6.54 Å². The Balaban J connectivity index is 1.52. The maximum Gasteiger partial charge on any atom is 0.304 e.